The molecule has 2 N–H and O–H groups in total. The number of anilines is 1. The Morgan fingerprint density at radius 3 is 2.53 bits per heavy atom. The molecule has 1 aliphatic heterocycles. The highest BCUT2D eigenvalue weighted by Crippen LogP contribution is 2.24. The van der Waals surface area contributed by atoms with Crippen LogP contribution in [0.1, 0.15) is 42.6 Å². The van der Waals surface area contributed by atoms with E-state index in [-0.39, 0.29) is 29.6 Å². The van der Waals surface area contributed by atoms with E-state index in [9.17, 15) is 14.0 Å². The number of piperidine rings is 1. The molecule has 30 heavy (non-hydrogen) atoms. The summed E-state index contributed by atoms with van der Waals surface area (Å²) >= 11 is 5.81. The van der Waals surface area contributed by atoms with Crippen LogP contribution in [0, 0.1) is 11.7 Å². The van der Waals surface area contributed by atoms with E-state index in [1.165, 1.54) is 6.07 Å². The quantitative estimate of drug-likeness (QED) is 0.709. The highest BCUT2D eigenvalue weighted by atomic mass is 35.5. The van der Waals surface area contributed by atoms with Crippen molar-refractivity contribution in [1.82, 2.24) is 10.2 Å². The molecule has 1 heterocycles. The van der Waals surface area contributed by atoms with Crippen molar-refractivity contribution in [2.24, 2.45) is 5.92 Å². The van der Waals surface area contributed by atoms with Crippen LogP contribution in [0.25, 0.3) is 0 Å². The summed E-state index contributed by atoms with van der Waals surface area (Å²) in [6.45, 7) is 5.69. The van der Waals surface area contributed by atoms with Crippen molar-refractivity contribution in [2.75, 3.05) is 18.4 Å². The minimum atomic E-state index is -0.307. The Kier molecular flexibility index (Phi) is 7.45. The summed E-state index contributed by atoms with van der Waals surface area (Å²) in [5.74, 6) is -0.742. The van der Waals surface area contributed by atoms with Crippen LogP contribution in [0.3, 0.4) is 0 Å². The molecule has 1 fully saturated rings. The van der Waals surface area contributed by atoms with Gasteiger partial charge in [0.15, 0.2) is 0 Å². The zero-order valence-corrected chi connectivity index (χ0v) is 18.0. The van der Waals surface area contributed by atoms with Gasteiger partial charge in [0.1, 0.15) is 5.82 Å². The molecule has 2 aromatic rings. The van der Waals surface area contributed by atoms with Crippen LogP contribution in [0.2, 0.25) is 5.02 Å². The molecule has 0 unspecified atom stereocenters. The summed E-state index contributed by atoms with van der Waals surface area (Å²) in [4.78, 5) is 27.3. The smallest absolute Gasteiger partial charge is 0.253 e. The molecule has 0 saturated carbocycles. The average Bonchev–Trinajstić information content (AvgIpc) is 2.70. The van der Waals surface area contributed by atoms with E-state index in [1.54, 1.807) is 36.4 Å². The molecular formula is C23H27ClFN3O2. The van der Waals surface area contributed by atoms with E-state index in [1.807, 2.05) is 13.8 Å². The van der Waals surface area contributed by atoms with Crippen LogP contribution < -0.4 is 10.6 Å². The first-order valence-corrected chi connectivity index (χ1v) is 10.6. The van der Waals surface area contributed by atoms with Crippen LogP contribution in [0.5, 0.6) is 0 Å². The first-order chi connectivity index (χ1) is 14.3. The number of amides is 2. The zero-order valence-electron chi connectivity index (χ0n) is 17.3. The van der Waals surface area contributed by atoms with Crippen LogP contribution in [0.15, 0.2) is 42.5 Å². The molecule has 2 amide bonds. The molecule has 5 nitrogen and oxygen atoms in total. The normalized spacial score (nSPS) is 15.2. The van der Waals surface area contributed by atoms with Gasteiger partial charge in [-0.05, 0) is 64.0 Å². The van der Waals surface area contributed by atoms with Crippen molar-refractivity contribution < 1.29 is 14.0 Å². The van der Waals surface area contributed by atoms with Gasteiger partial charge in [0.2, 0.25) is 5.91 Å². The fourth-order valence-electron chi connectivity index (χ4n) is 3.61. The van der Waals surface area contributed by atoms with E-state index >= 15 is 0 Å². The van der Waals surface area contributed by atoms with Gasteiger partial charge < -0.3 is 10.6 Å². The van der Waals surface area contributed by atoms with Crippen LogP contribution >= 0.6 is 11.6 Å². The van der Waals surface area contributed by atoms with Crippen molar-refractivity contribution >= 4 is 29.1 Å². The highest BCUT2D eigenvalue weighted by molar-refractivity contribution is 6.30. The summed E-state index contributed by atoms with van der Waals surface area (Å²) in [7, 11) is 0. The minimum Gasteiger partial charge on any atom is -0.350 e. The van der Waals surface area contributed by atoms with Gasteiger partial charge >= 0.3 is 0 Å². The predicted octanol–water partition coefficient (Wildman–Crippen LogP) is 4.47. The Hall–Kier alpha value is -2.44. The van der Waals surface area contributed by atoms with Gasteiger partial charge in [-0.2, -0.15) is 0 Å². The lowest BCUT2D eigenvalue weighted by molar-refractivity contribution is -0.121. The summed E-state index contributed by atoms with van der Waals surface area (Å²) in [6.07, 6.45) is 1.36. The molecule has 0 aromatic heterocycles. The maximum absolute atomic E-state index is 14.0. The minimum absolute atomic E-state index is 0.0102. The second kappa shape index (κ2) is 10.0. The number of hydrogen-bond donors (Lipinski definition) is 2. The molecule has 160 valence electrons. The number of carbonyl (C=O) groups is 2. The first-order valence-electron chi connectivity index (χ1n) is 10.2. The van der Waals surface area contributed by atoms with Crippen LogP contribution in [-0.2, 0) is 11.3 Å². The molecule has 0 atom stereocenters. The zero-order chi connectivity index (χ0) is 21.7. The van der Waals surface area contributed by atoms with Gasteiger partial charge in [-0.1, -0.05) is 29.8 Å². The van der Waals surface area contributed by atoms with Crippen molar-refractivity contribution in [2.45, 2.75) is 39.3 Å². The summed E-state index contributed by atoms with van der Waals surface area (Å²) in [5, 5.41) is 6.16. The number of rotatable bonds is 6. The standard InChI is InChI=1S/C23H27ClFN3O2/c1-15(2)26-23(30)19-5-3-4-6-21(19)27-22(29)16-9-11-28(12-10-16)14-17-7-8-18(24)13-20(17)25/h3-8,13,15-16H,9-12,14H2,1-2H3,(H,26,30)(H,27,29). The Bertz CT molecular complexity index is 911. The number of carbonyl (C=O) groups excluding carboxylic acids is 2. The van der Waals surface area contributed by atoms with Crippen molar-refractivity contribution in [3.63, 3.8) is 0 Å². The van der Waals surface area contributed by atoms with Gasteiger partial charge in [0.05, 0.1) is 11.3 Å². The Morgan fingerprint density at radius 1 is 1.17 bits per heavy atom. The highest BCUT2D eigenvalue weighted by Gasteiger charge is 2.26. The lowest BCUT2D eigenvalue weighted by atomic mass is 9.95. The van der Waals surface area contributed by atoms with Crippen LogP contribution in [-0.4, -0.2) is 35.8 Å². The third-order valence-electron chi connectivity index (χ3n) is 5.22. The molecule has 0 aliphatic carbocycles. The Morgan fingerprint density at radius 2 is 1.87 bits per heavy atom. The van der Waals surface area contributed by atoms with E-state index in [0.717, 1.165) is 0 Å². The van der Waals surface area contributed by atoms with Crippen molar-refractivity contribution in [1.29, 1.82) is 0 Å². The third-order valence-corrected chi connectivity index (χ3v) is 5.45. The van der Waals surface area contributed by atoms with Crippen molar-refractivity contribution in [3.8, 4) is 0 Å². The van der Waals surface area contributed by atoms with E-state index in [0.29, 0.717) is 54.3 Å². The van der Waals surface area contributed by atoms with Gasteiger partial charge in [0.25, 0.3) is 5.91 Å². The number of likely N-dealkylation sites (tertiary alicyclic amines) is 1. The second-order valence-electron chi connectivity index (χ2n) is 7.95. The summed E-state index contributed by atoms with van der Waals surface area (Å²) in [5.41, 5.74) is 1.58. The van der Waals surface area contributed by atoms with Gasteiger partial charge in [0, 0.05) is 29.1 Å². The number of benzene rings is 2. The first kappa shape index (κ1) is 22.2. The molecule has 0 radical (unpaired) electrons. The Balaban J connectivity index is 1.56. The number of nitrogens with zero attached hydrogens (tertiary/aromatic N) is 1. The maximum atomic E-state index is 14.0. The third kappa shape index (κ3) is 5.80. The fourth-order valence-corrected chi connectivity index (χ4v) is 3.77. The van der Waals surface area contributed by atoms with Gasteiger partial charge in [-0.15, -0.1) is 0 Å². The maximum Gasteiger partial charge on any atom is 0.253 e. The molecule has 3 rings (SSSR count). The van der Waals surface area contributed by atoms with Crippen molar-refractivity contribution in [3.05, 3.63) is 64.4 Å². The SMILES string of the molecule is CC(C)NC(=O)c1ccccc1NC(=O)C1CCN(Cc2ccc(Cl)cc2F)CC1. The van der Waals surface area contributed by atoms with E-state index in [2.05, 4.69) is 15.5 Å². The molecule has 1 aliphatic rings. The van der Waals surface area contributed by atoms with Gasteiger partial charge in [-0.25, -0.2) is 4.39 Å². The number of hydrogen-bond acceptors (Lipinski definition) is 3. The Labute approximate surface area is 181 Å². The fraction of sp³-hybridized carbons (Fsp3) is 0.391. The number of halogens is 2. The molecule has 1 saturated heterocycles. The van der Waals surface area contributed by atoms with E-state index < -0.39 is 0 Å². The molecular weight excluding hydrogens is 405 g/mol. The molecule has 0 spiro atoms. The topological polar surface area (TPSA) is 61.4 Å². The largest absolute Gasteiger partial charge is 0.350 e. The monoisotopic (exact) mass is 431 g/mol. The molecule has 0 bridgehead atoms. The number of para-hydroxylation sites is 1. The van der Waals surface area contributed by atoms with Crippen LogP contribution in [0.4, 0.5) is 10.1 Å². The average molecular weight is 432 g/mol. The summed E-state index contributed by atoms with van der Waals surface area (Å²) < 4.78 is 14.0. The second-order valence-corrected chi connectivity index (χ2v) is 8.39. The van der Waals surface area contributed by atoms with Gasteiger partial charge in [-0.3, -0.25) is 14.5 Å². The summed E-state index contributed by atoms with van der Waals surface area (Å²) in [6, 6.07) is 11.7. The molecule has 2 aromatic carbocycles. The molecule has 7 heteroatoms. The predicted molar refractivity (Wildman–Crippen MR) is 117 cm³/mol. The lowest BCUT2D eigenvalue weighted by Gasteiger charge is -2.31. The lowest BCUT2D eigenvalue weighted by Crippen LogP contribution is -2.38. The number of nitrogens with one attached hydrogen (secondary N) is 2. The van der Waals surface area contributed by atoms with E-state index in [4.69, 9.17) is 11.6 Å².